The van der Waals surface area contributed by atoms with E-state index in [2.05, 4.69) is 20.9 Å². The first kappa shape index (κ1) is 11.7. The Morgan fingerprint density at radius 3 is 2.73 bits per heavy atom. The summed E-state index contributed by atoms with van der Waals surface area (Å²) < 4.78 is 25.3. The molecule has 6 heteroatoms. The lowest BCUT2D eigenvalue weighted by Gasteiger charge is -2.08. The molecule has 0 atom stereocenters. The van der Waals surface area contributed by atoms with Gasteiger partial charge in [-0.2, -0.15) is 5.26 Å². The van der Waals surface area contributed by atoms with Crippen LogP contribution in [-0.2, 0) is 5.33 Å². The lowest BCUT2D eigenvalue weighted by atomic mass is 10.0. The van der Waals surface area contributed by atoms with Gasteiger partial charge >= 0.3 is 0 Å². The number of aldehydes is 1. The van der Waals surface area contributed by atoms with E-state index in [-0.39, 0.29) is 22.2 Å². The van der Waals surface area contributed by atoms with Crippen molar-refractivity contribution in [2.45, 2.75) is 11.8 Å². The second-order valence-corrected chi connectivity index (χ2v) is 3.18. The largest absolute Gasteiger partial charge is 0.296 e. The standard InChI is InChI=1S/C9H5BrF2N2O/c10-1-5-3-14-7(4-15)6(2-13)8(5)9(11)12/h3-4,9H,1H2. The fraction of sp³-hybridized carbons (Fsp3) is 0.222. The SMILES string of the molecule is N#Cc1c(C=O)ncc(CBr)c1C(F)F. The van der Waals surface area contributed by atoms with Gasteiger partial charge in [-0.05, 0) is 5.56 Å². The molecule has 0 spiro atoms. The second-order valence-electron chi connectivity index (χ2n) is 2.62. The average molecular weight is 275 g/mol. The second kappa shape index (κ2) is 4.94. The van der Waals surface area contributed by atoms with Crippen LogP contribution in [-0.4, -0.2) is 11.3 Å². The highest BCUT2D eigenvalue weighted by atomic mass is 79.9. The molecule has 1 aromatic rings. The van der Waals surface area contributed by atoms with Gasteiger partial charge in [0.1, 0.15) is 11.8 Å². The third-order valence-corrected chi connectivity index (χ3v) is 2.42. The minimum Gasteiger partial charge on any atom is -0.296 e. The number of nitriles is 1. The topological polar surface area (TPSA) is 53.8 Å². The molecule has 0 saturated heterocycles. The van der Waals surface area contributed by atoms with E-state index < -0.39 is 12.0 Å². The molecule has 78 valence electrons. The predicted octanol–water partition coefficient (Wildman–Crippen LogP) is 2.60. The average Bonchev–Trinajstić information content (AvgIpc) is 2.26. The molecule has 0 amide bonds. The van der Waals surface area contributed by atoms with E-state index in [1.165, 1.54) is 6.20 Å². The Morgan fingerprint density at radius 1 is 1.67 bits per heavy atom. The van der Waals surface area contributed by atoms with Gasteiger partial charge in [-0.15, -0.1) is 0 Å². The molecule has 0 aromatic carbocycles. The van der Waals surface area contributed by atoms with Gasteiger partial charge in [0.05, 0.1) is 5.56 Å². The van der Waals surface area contributed by atoms with Crippen molar-refractivity contribution >= 4 is 22.2 Å². The molecule has 1 aromatic heterocycles. The molecule has 1 rings (SSSR count). The Bertz CT molecular complexity index is 429. The summed E-state index contributed by atoms with van der Waals surface area (Å²) in [5.41, 5.74) is -0.812. The smallest absolute Gasteiger partial charge is 0.265 e. The summed E-state index contributed by atoms with van der Waals surface area (Å²) >= 11 is 3.02. The van der Waals surface area contributed by atoms with Gasteiger partial charge in [0.2, 0.25) is 0 Å². The third-order valence-electron chi connectivity index (χ3n) is 1.82. The van der Waals surface area contributed by atoms with E-state index in [0.717, 1.165) is 0 Å². The van der Waals surface area contributed by atoms with E-state index >= 15 is 0 Å². The summed E-state index contributed by atoms with van der Waals surface area (Å²) in [6.07, 6.45) is -1.34. The third kappa shape index (κ3) is 2.18. The molecule has 0 fully saturated rings. The summed E-state index contributed by atoms with van der Waals surface area (Å²) in [5, 5.41) is 8.86. The predicted molar refractivity (Wildman–Crippen MR) is 51.9 cm³/mol. The van der Waals surface area contributed by atoms with Crippen molar-refractivity contribution < 1.29 is 13.6 Å². The normalized spacial score (nSPS) is 10.1. The van der Waals surface area contributed by atoms with Crippen molar-refractivity contribution in [3.05, 3.63) is 28.6 Å². The van der Waals surface area contributed by atoms with Gasteiger partial charge in [-0.25, -0.2) is 8.78 Å². The van der Waals surface area contributed by atoms with Crippen molar-refractivity contribution in [3.63, 3.8) is 0 Å². The van der Waals surface area contributed by atoms with Gasteiger partial charge in [-0.1, -0.05) is 15.9 Å². The molecule has 0 unspecified atom stereocenters. The zero-order chi connectivity index (χ0) is 11.4. The molecule has 0 radical (unpaired) electrons. The molecule has 0 aliphatic rings. The van der Waals surface area contributed by atoms with Crippen LogP contribution in [0.1, 0.15) is 33.6 Å². The maximum atomic E-state index is 12.7. The summed E-state index contributed by atoms with van der Waals surface area (Å²) in [6.45, 7) is 0. The number of nitrogens with zero attached hydrogens (tertiary/aromatic N) is 2. The number of aromatic nitrogens is 1. The van der Waals surface area contributed by atoms with Crippen LogP contribution in [0.5, 0.6) is 0 Å². The van der Waals surface area contributed by atoms with Crippen LogP contribution in [0, 0.1) is 11.3 Å². The first-order chi connectivity index (χ1) is 7.15. The molecule has 0 saturated carbocycles. The molecule has 1 heterocycles. The quantitative estimate of drug-likeness (QED) is 0.629. The van der Waals surface area contributed by atoms with Crippen molar-refractivity contribution in [2.24, 2.45) is 0 Å². The number of rotatable bonds is 3. The minimum absolute atomic E-state index is 0.160. The number of pyridine rings is 1. The van der Waals surface area contributed by atoms with Gasteiger partial charge in [0.15, 0.2) is 6.29 Å². The van der Waals surface area contributed by atoms with E-state index in [1.807, 2.05) is 0 Å². The molecule has 0 aliphatic heterocycles. The molecule has 0 N–H and O–H groups in total. The van der Waals surface area contributed by atoms with Gasteiger partial charge < -0.3 is 0 Å². The highest BCUT2D eigenvalue weighted by molar-refractivity contribution is 9.08. The summed E-state index contributed by atoms with van der Waals surface area (Å²) in [7, 11) is 0. The van der Waals surface area contributed by atoms with Crippen LogP contribution in [0.3, 0.4) is 0 Å². The Balaban J connectivity index is 3.53. The number of halogens is 3. The lowest BCUT2D eigenvalue weighted by Crippen LogP contribution is -2.03. The first-order valence-electron chi connectivity index (χ1n) is 3.86. The van der Waals surface area contributed by atoms with Crippen LogP contribution in [0.4, 0.5) is 8.78 Å². The summed E-state index contributed by atoms with van der Waals surface area (Å²) in [5.74, 6) is 0. The van der Waals surface area contributed by atoms with Crippen LogP contribution >= 0.6 is 15.9 Å². The van der Waals surface area contributed by atoms with E-state index in [9.17, 15) is 13.6 Å². The number of hydrogen-bond acceptors (Lipinski definition) is 3. The molecular formula is C9H5BrF2N2O. The maximum Gasteiger partial charge on any atom is 0.265 e. The van der Waals surface area contributed by atoms with Gasteiger partial charge in [-0.3, -0.25) is 9.78 Å². The van der Waals surface area contributed by atoms with E-state index in [0.29, 0.717) is 6.29 Å². The number of carbonyl (C=O) groups excluding carboxylic acids is 1. The fourth-order valence-electron chi connectivity index (χ4n) is 1.14. The summed E-state index contributed by atoms with van der Waals surface area (Å²) in [6, 6.07) is 1.58. The Labute approximate surface area is 92.9 Å². The maximum absolute atomic E-state index is 12.7. The van der Waals surface area contributed by atoms with E-state index in [4.69, 9.17) is 5.26 Å². The highest BCUT2D eigenvalue weighted by Gasteiger charge is 2.21. The van der Waals surface area contributed by atoms with Crippen LogP contribution < -0.4 is 0 Å². The Hall–Kier alpha value is -1.35. The number of alkyl halides is 3. The van der Waals surface area contributed by atoms with Crippen molar-refractivity contribution in [2.75, 3.05) is 0 Å². The Morgan fingerprint density at radius 2 is 2.33 bits per heavy atom. The lowest BCUT2D eigenvalue weighted by molar-refractivity contribution is 0.111. The van der Waals surface area contributed by atoms with Gasteiger partial charge in [0.25, 0.3) is 6.43 Å². The molecule has 15 heavy (non-hydrogen) atoms. The van der Waals surface area contributed by atoms with E-state index in [1.54, 1.807) is 6.07 Å². The zero-order valence-electron chi connectivity index (χ0n) is 7.38. The molecule has 3 nitrogen and oxygen atoms in total. The number of hydrogen-bond donors (Lipinski definition) is 0. The van der Waals surface area contributed by atoms with Gasteiger partial charge in [0, 0.05) is 17.1 Å². The summed E-state index contributed by atoms with van der Waals surface area (Å²) in [4.78, 5) is 14.1. The monoisotopic (exact) mass is 274 g/mol. The number of carbonyl (C=O) groups is 1. The molecular weight excluding hydrogens is 270 g/mol. The van der Waals surface area contributed by atoms with Crippen LogP contribution in [0.25, 0.3) is 0 Å². The zero-order valence-corrected chi connectivity index (χ0v) is 8.96. The Kier molecular flexibility index (Phi) is 3.86. The molecule has 0 aliphatic carbocycles. The highest BCUT2D eigenvalue weighted by Crippen LogP contribution is 2.28. The van der Waals surface area contributed by atoms with Crippen LogP contribution in [0.15, 0.2) is 6.20 Å². The van der Waals surface area contributed by atoms with Crippen molar-refractivity contribution in [3.8, 4) is 6.07 Å². The van der Waals surface area contributed by atoms with Crippen molar-refractivity contribution in [1.82, 2.24) is 4.98 Å². The van der Waals surface area contributed by atoms with Crippen molar-refractivity contribution in [1.29, 1.82) is 5.26 Å². The molecule has 0 bridgehead atoms. The minimum atomic E-state index is -2.80. The fourth-order valence-corrected chi connectivity index (χ4v) is 1.59. The first-order valence-corrected chi connectivity index (χ1v) is 4.99. The van der Waals surface area contributed by atoms with Crippen LogP contribution in [0.2, 0.25) is 0 Å².